The summed E-state index contributed by atoms with van der Waals surface area (Å²) in [7, 11) is 1.59. The van der Waals surface area contributed by atoms with Crippen molar-refractivity contribution in [2.75, 3.05) is 7.11 Å². The fraction of sp³-hybridized carbons (Fsp3) is 0.0556. The van der Waals surface area contributed by atoms with Crippen LogP contribution in [0.2, 0.25) is 5.02 Å². The quantitative estimate of drug-likeness (QED) is 0.557. The van der Waals surface area contributed by atoms with Crippen LogP contribution in [0.4, 0.5) is 0 Å². The van der Waals surface area contributed by atoms with E-state index in [2.05, 4.69) is 10.1 Å². The number of hydrogen-bond donors (Lipinski definition) is 0. The van der Waals surface area contributed by atoms with Gasteiger partial charge in [-0.2, -0.15) is 9.50 Å². The van der Waals surface area contributed by atoms with Gasteiger partial charge in [0.25, 0.3) is 5.56 Å². The maximum Gasteiger partial charge on any atom is 0.291 e. The fourth-order valence-electron chi connectivity index (χ4n) is 2.51. The molecule has 0 spiro atoms. The van der Waals surface area contributed by atoms with Gasteiger partial charge < -0.3 is 4.74 Å². The van der Waals surface area contributed by atoms with E-state index >= 15 is 0 Å². The molecule has 4 rings (SSSR count). The highest BCUT2D eigenvalue weighted by Gasteiger charge is 2.14. The Hall–Kier alpha value is -2.70. The molecule has 0 N–H and O–H groups in total. The summed E-state index contributed by atoms with van der Waals surface area (Å²) in [4.78, 5) is 17.6. The number of fused-ring (bicyclic) bond motifs is 1. The third-order valence-corrected chi connectivity index (χ3v) is 5.02. The zero-order chi connectivity index (χ0) is 17.4. The summed E-state index contributed by atoms with van der Waals surface area (Å²) in [5, 5.41) is 4.94. The van der Waals surface area contributed by atoms with Gasteiger partial charge in [0, 0.05) is 5.02 Å². The van der Waals surface area contributed by atoms with Crippen molar-refractivity contribution in [3.05, 3.63) is 74.0 Å². The zero-order valence-corrected chi connectivity index (χ0v) is 14.7. The maximum absolute atomic E-state index is 12.6. The molecular weight excluding hydrogens is 358 g/mol. The summed E-state index contributed by atoms with van der Waals surface area (Å²) in [6.07, 6.45) is 1.76. The summed E-state index contributed by atoms with van der Waals surface area (Å²) in [5.41, 5.74) is 1.32. The predicted molar refractivity (Wildman–Crippen MR) is 99.4 cm³/mol. The maximum atomic E-state index is 12.6. The van der Waals surface area contributed by atoms with Crippen molar-refractivity contribution in [2.24, 2.45) is 0 Å². The molecule has 0 aliphatic carbocycles. The number of methoxy groups -OCH3 is 1. The van der Waals surface area contributed by atoms with Crippen molar-refractivity contribution < 1.29 is 4.74 Å². The Morgan fingerprint density at radius 3 is 2.68 bits per heavy atom. The Morgan fingerprint density at radius 1 is 1.16 bits per heavy atom. The highest BCUT2D eigenvalue weighted by Crippen LogP contribution is 2.27. The van der Waals surface area contributed by atoms with Crippen molar-refractivity contribution in [1.82, 2.24) is 14.6 Å². The van der Waals surface area contributed by atoms with Gasteiger partial charge in [-0.3, -0.25) is 4.79 Å². The molecule has 0 saturated carbocycles. The van der Waals surface area contributed by atoms with E-state index in [1.807, 2.05) is 42.5 Å². The molecule has 0 radical (unpaired) electrons. The number of halogens is 1. The molecule has 124 valence electrons. The number of aromatic nitrogens is 3. The van der Waals surface area contributed by atoms with E-state index in [1.54, 1.807) is 19.3 Å². The monoisotopic (exact) mass is 369 g/mol. The lowest BCUT2D eigenvalue weighted by atomic mass is 10.2. The summed E-state index contributed by atoms with van der Waals surface area (Å²) in [5.74, 6) is 1.13. The van der Waals surface area contributed by atoms with E-state index in [0.717, 1.165) is 11.1 Å². The fourth-order valence-corrected chi connectivity index (χ4v) is 3.60. The predicted octanol–water partition coefficient (Wildman–Crippen LogP) is 3.03. The molecule has 0 aliphatic rings. The van der Waals surface area contributed by atoms with Crippen LogP contribution in [0.25, 0.3) is 22.4 Å². The highest BCUT2D eigenvalue weighted by molar-refractivity contribution is 7.15. The number of ether oxygens (including phenoxy) is 1. The van der Waals surface area contributed by atoms with Crippen LogP contribution in [0.1, 0.15) is 5.56 Å². The van der Waals surface area contributed by atoms with E-state index < -0.39 is 0 Å². The lowest BCUT2D eigenvalue weighted by Gasteiger charge is -2.03. The van der Waals surface area contributed by atoms with Gasteiger partial charge in [0.15, 0.2) is 5.82 Å². The van der Waals surface area contributed by atoms with Crippen LogP contribution >= 0.6 is 22.9 Å². The van der Waals surface area contributed by atoms with Gasteiger partial charge in [-0.25, -0.2) is 0 Å². The molecule has 2 aromatic heterocycles. The number of hydrogen-bond acceptors (Lipinski definition) is 5. The first-order valence-electron chi connectivity index (χ1n) is 7.46. The van der Waals surface area contributed by atoms with Crippen LogP contribution in [0.5, 0.6) is 5.75 Å². The van der Waals surface area contributed by atoms with Crippen molar-refractivity contribution in [3.8, 4) is 17.1 Å². The van der Waals surface area contributed by atoms with Crippen LogP contribution < -0.4 is 14.8 Å². The third-order valence-electron chi connectivity index (χ3n) is 3.72. The summed E-state index contributed by atoms with van der Waals surface area (Å²) < 4.78 is 7.18. The first kappa shape index (κ1) is 15.8. The molecule has 25 heavy (non-hydrogen) atoms. The van der Waals surface area contributed by atoms with Gasteiger partial charge in [-0.1, -0.05) is 53.3 Å². The third kappa shape index (κ3) is 2.79. The van der Waals surface area contributed by atoms with Gasteiger partial charge >= 0.3 is 0 Å². The van der Waals surface area contributed by atoms with Crippen molar-refractivity contribution >= 4 is 34.0 Å². The van der Waals surface area contributed by atoms with E-state index in [9.17, 15) is 4.79 Å². The first-order valence-corrected chi connectivity index (χ1v) is 8.66. The normalized spacial score (nSPS) is 12.0. The average Bonchev–Trinajstić information content (AvgIpc) is 3.17. The van der Waals surface area contributed by atoms with Gasteiger partial charge in [-0.15, -0.1) is 5.10 Å². The molecular formula is C18H12ClN3O2S. The smallest absolute Gasteiger partial charge is 0.291 e. The molecule has 7 heteroatoms. The number of rotatable bonds is 3. The molecule has 2 aromatic carbocycles. The van der Waals surface area contributed by atoms with Gasteiger partial charge in [-0.05, 0) is 29.8 Å². The topological polar surface area (TPSA) is 56.5 Å². The van der Waals surface area contributed by atoms with E-state index in [-0.39, 0.29) is 5.56 Å². The van der Waals surface area contributed by atoms with E-state index in [4.69, 9.17) is 16.3 Å². The van der Waals surface area contributed by atoms with Gasteiger partial charge in [0.1, 0.15) is 5.75 Å². The number of thiazole rings is 1. The second kappa shape index (κ2) is 6.31. The molecule has 0 unspecified atom stereocenters. The van der Waals surface area contributed by atoms with Crippen molar-refractivity contribution in [1.29, 1.82) is 0 Å². The average molecular weight is 370 g/mol. The largest absolute Gasteiger partial charge is 0.496 e. The van der Waals surface area contributed by atoms with Crippen LogP contribution in [-0.2, 0) is 0 Å². The van der Waals surface area contributed by atoms with Crippen LogP contribution in [-0.4, -0.2) is 21.7 Å². The van der Waals surface area contributed by atoms with E-state index in [0.29, 0.717) is 26.1 Å². The second-order valence-electron chi connectivity index (χ2n) is 5.27. The summed E-state index contributed by atoms with van der Waals surface area (Å²) in [6, 6.07) is 14.8. The van der Waals surface area contributed by atoms with Gasteiger partial charge in [0.05, 0.1) is 17.2 Å². The van der Waals surface area contributed by atoms with E-state index in [1.165, 1.54) is 15.9 Å². The molecule has 2 heterocycles. The minimum atomic E-state index is -0.214. The first-order chi connectivity index (χ1) is 12.2. The summed E-state index contributed by atoms with van der Waals surface area (Å²) >= 11 is 7.44. The molecule has 0 fully saturated rings. The molecule has 4 aromatic rings. The summed E-state index contributed by atoms with van der Waals surface area (Å²) in [6.45, 7) is 0. The Kier molecular flexibility index (Phi) is 3.99. The number of benzene rings is 2. The van der Waals surface area contributed by atoms with Crippen LogP contribution in [0, 0.1) is 0 Å². The molecule has 5 nitrogen and oxygen atoms in total. The molecule has 0 amide bonds. The lowest BCUT2D eigenvalue weighted by molar-refractivity contribution is 0.416. The lowest BCUT2D eigenvalue weighted by Crippen LogP contribution is -2.23. The molecule has 0 atom stereocenters. The van der Waals surface area contributed by atoms with Crippen LogP contribution in [0.15, 0.2) is 53.3 Å². The minimum Gasteiger partial charge on any atom is -0.496 e. The molecule has 0 bridgehead atoms. The molecule has 0 saturated heterocycles. The minimum absolute atomic E-state index is 0.214. The Balaban J connectivity index is 1.86. The van der Waals surface area contributed by atoms with Crippen molar-refractivity contribution in [2.45, 2.75) is 0 Å². The van der Waals surface area contributed by atoms with Crippen LogP contribution in [0.3, 0.4) is 0 Å². The zero-order valence-electron chi connectivity index (χ0n) is 13.1. The Bertz CT molecular complexity index is 1180. The Labute approximate surface area is 151 Å². The SMILES string of the molecule is COc1ccccc1-c1nc2s/c(=C/c3ccccc3Cl)c(=O)n2n1. The van der Waals surface area contributed by atoms with Crippen molar-refractivity contribution in [3.63, 3.8) is 0 Å². The van der Waals surface area contributed by atoms with Gasteiger partial charge in [0.2, 0.25) is 4.96 Å². The number of nitrogens with zero attached hydrogens (tertiary/aromatic N) is 3. The number of para-hydroxylation sites is 1. The Morgan fingerprint density at radius 2 is 1.92 bits per heavy atom. The second-order valence-corrected chi connectivity index (χ2v) is 6.68. The molecule has 0 aliphatic heterocycles. The highest BCUT2D eigenvalue weighted by atomic mass is 35.5. The standard InChI is InChI=1S/C18H12ClN3O2S/c1-24-14-9-5-3-7-12(14)16-20-18-22(21-16)17(23)15(25-18)10-11-6-2-4-8-13(11)19/h2-10H,1H3/b15-10+.